The molecule has 27 heavy (non-hydrogen) atoms. The van der Waals surface area contributed by atoms with Gasteiger partial charge in [0.2, 0.25) is 5.91 Å². The van der Waals surface area contributed by atoms with Crippen LogP contribution in [0.5, 0.6) is 5.75 Å². The number of rotatable bonds is 7. The van der Waals surface area contributed by atoms with E-state index in [4.69, 9.17) is 4.74 Å². The molecule has 0 aromatic heterocycles. The normalized spacial score (nSPS) is 17.9. The number of ether oxygens (including phenoxy) is 1. The van der Waals surface area contributed by atoms with Gasteiger partial charge in [0, 0.05) is 13.1 Å². The second-order valence-electron chi connectivity index (χ2n) is 7.17. The summed E-state index contributed by atoms with van der Waals surface area (Å²) in [4.78, 5) is 16.7. The minimum Gasteiger partial charge on any atom is -0.497 e. The van der Waals surface area contributed by atoms with Crippen LogP contribution in [0, 0.1) is 0 Å². The third-order valence-electron chi connectivity index (χ3n) is 5.14. The SMILES string of the molecule is COc1ccc([C@H](O)[C@@H]2CCCN2C(=O)CN(C)Cc2ccccc2)cc1. The fourth-order valence-corrected chi connectivity index (χ4v) is 3.73. The third kappa shape index (κ3) is 4.87. The monoisotopic (exact) mass is 368 g/mol. The molecule has 2 aromatic rings. The van der Waals surface area contributed by atoms with E-state index in [1.54, 1.807) is 7.11 Å². The number of likely N-dealkylation sites (tertiary alicyclic amines) is 1. The van der Waals surface area contributed by atoms with Crippen molar-refractivity contribution >= 4 is 5.91 Å². The van der Waals surface area contributed by atoms with Crippen molar-refractivity contribution in [2.24, 2.45) is 0 Å². The van der Waals surface area contributed by atoms with E-state index in [1.165, 1.54) is 5.56 Å². The molecular formula is C22H28N2O3. The van der Waals surface area contributed by atoms with Crippen molar-refractivity contribution in [2.45, 2.75) is 31.5 Å². The molecule has 1 aliphatic rings. The maximum absolute atomic E-state index is 12.8. The zero-order chi connectivity index (χ0) is 19.2. The van der Waals surface area contributed by atoms with E-state index < -0.39 is 6.10 Å². The van der Waals surface area contributed by atoms with Gasteiger partial charge >= 0.3 is 0 Å². The Morgan fingerprint density at radius 2 is 1.93 bits per heavy atom. The van der Waals surface area contributed by atoms with Gasteiger partial charge in [-0.3, -0.25) is 9.69 Å². The van der Waals surface area contributed by atoms with Crippen molar-refractivity contribution in [1.29, 1.82) is 0 Å². The number of hydrogen-bond acceptors (Lipinski definition) is 4. The van der Waals surface area contributed by atoms with Gasteiger partial charge in [-0.05, 0) is 43.1 Å². The summed E-state index contributed by atoms with van der Waals surface area (Å²) in [6.45, 7) is 1.78. The van der Waals surface area contributed by atoms with E-state index in [0.717, 1.165) is 30.7 Å². The Hall–Kier alpha value is -2.37. The van der Waals surface area contributed by atoms with Crippen LogP contribution in [0.25, 0.3) is 0 Å². The van der Waals surface area contributed by atoms with Gasteiger partial charge in [-0.15, -0.1) is 0 Å². The molecule has 1 aliphatic heterocycles. The molecule has 0 unspecified atom stereocenters. The highest BCUT2D eigenvalue weighted by Gasteiger charge is 2.34. The van der Waals surface area contributed by atoms with Crippen LogP contribution < -0.4 is 4.74 Å². The molecule has 1 N–H and O–H groups in total. The van der Waals surface area contributed by atoms with Crippen molar-refractivity contribution in [3.63, 3.8) is 0 Å². The van der Waals surface area contributed by atoms with Gasteiger partial charge in [-0.2, -0.15) is 0 Å². The van der Waals surface area contributed by atoms with Crippen LogP contribution in [-0.2, 0) is 11.3 Å². The van der Waals surface area contributed by atoms with Gasteiger partial charge in [0.1, 0.15) is 5.75 Å². The Bertz CT molecular complexity index is 733. The first-order valence-electron chi connectivity index (χ1n) is 9.42. The van der Waals surface area contributed by atoms with Gasteiger partial charge in [-0.25, -0.2) is 0 Å². The first-order valence-corrected chi connectivity index (χ1v) is 9.42. The van der Waals surface area contributed by atoms with Gasteiger partial charge in [-0.1, -0.05) is 42.5 Å². The summed E-state index contributed by atoms with van der Waals surface area (Å²) in [6, 6.07) is 17.4. The molecule has 5 heteroatoms. The average molecular weight is 368 g/mol. The lowest BCUT2D eigenvalue weighted by Gasteiger charge is -2.30. The van der Waals surface area contributed by atoms with Gasteiger partial charge in [0.05, 0.1) is 25.8 Å². The van der Waals surface area contributed by atoms with Crippen molar-refractivity contribution in [3.8, 4) is 5.75 Å². The number of aliphatic hydroxyl groups is 1. The maximum Gasteiger partial charge on any atom is 0.237 e. The highest BCUT2D eigenvalue weighted by atomic mass is 16.5. The van der Waals surface area contributed by atoms with Gasteiger partial charge in [0.25, 0.3) is 0 Å². The Labute approximate surface area is 161 Å². The number of amides is 1. The lowest BCUT2D eigenvalue weighted by atomic mass is 10.00. The highest BCUT2D eigenvalue weighted by Crippen LogP contribution is 2.30. The molecule has 0 bridgehead atoms. The molecule has 1 saturated heterocycles. The first-order chi connectivity index (χ1) is 13.1. The summed E-state index contributed by atoms with van der Waals surface area (Å²) >= 11 is 0. The van der Waals surface area contributed by atoms with E-state index in [0.29, 0.717) is 13.1 Å². The summed E-state index contributed by atoms with van der Waals surface area (Å²) in [5, 5.41) is 10.8. The number of nitrogens with zero attached hydrogens (tertiary/aromatic N) is 2. The van der Waals surface area contributed by atoms with E-state index in [1.807, 2.05) is 59.3 Å². The van der Waals surface area contributed by atoms with Crippen molar-refractivity contribution in [1.82, 2.24) is 9.80 Å². The lowest BCUT2D eigenvalue weighted by Crippen LogP contribution is -2.43. The van der Waals surface area contributed by atoms with Crippen LogP contribution in [0.3, 0.4) is 0 Å². The lowest BCUT2D eigenvalue weighted by molar-refractivity contribution is -0.135. The fraction of sp³-hybridized carbons (Fsp3) is 0.409. The Morgan fingerprint density at radius 3 is 2.59 bits per heavy atom. The molecule has 3 rings (SSSR count). The predicted molar refractivity (Wildman–Crippen MR) is 105 cm³/mol. The molecule has 0 aliphatic carbocycles. The van der Waals surface area contributed by atoms with Crippen LogP contribution in [0.1, 0.15) is 30.1 Å². The van der Waals surface area contributed by atoms with Crippen LogP contribution in [0.4, 0.5) is 0 Å². The number of methoxy groups -OCH3 is 1. The van der Waals surface area contributed by atoms with Crippen molar-refractivity contribution in [3.05, 3.63) is 65.7 Å². The summed E-state index contributed by atoms with van der Waals surface area (Å²) in [5.41, 5.74) is 2.00. The topological polar surface area (TPSA) is 53.0 Å². The molecule has 1 fully saturated rings. The predicted octanol–water partition coefficient (Wildman–Crippen LogP) is 2.85. The number of likely N-dealkylation sites (N-methyl/N-ethyl adjacent to an activating group) is 1. The van der Waals surface area contributed by atoms with Gasteiger partial charge in [0.15, 0.2) is 0 Å². The average Bonchev–Trinajstić information content (AvgIpc) is 3.18. The van der Waals surface area contributed by atoms with Crippen LogP contribution in [0.2, 0.25) is 0 Å². The quantitative estimate of drug-likeness (QED) is 0.817. The van der Waals surface area contributed by atoms with E-state index in [9.17, 15) is 9.90 Å². The molecular weight excluding hydrogens is 340 g/mol. The number of aliphatic hydroxyl groups excluding tert-OH is 1. The third-order valence-corrected chi connectivity index (χ3v) is 5.14. The fourth-order valence-electron chi connectivity index (χ4n) is 3.73. The number of carbonyl (C=O) groups excluding carboxylic acids is 1. The summed E-state index contributed by atoms with van der Waals surface area (Å²) in [5.74, 6) is 0.830. The molecule has 0 saturated carbocycles. The van der Waals surface area contributed by atoms with Crippen molar-refractivity contribution in [2.75, 3.05) is 27.2 Å². The maximum atomic E-state index is 12.8. The van der Waals surface area contributed by atoms with Crippen LogP contribution in [-0.4, -0.2) is 54.1 Å². The zero-order valence-electron chi connectivity index (χ0n) is 16.0. The minimum absolute atomic E-state index is 0.0727. The largest absolute Gasteiger partial charge is 0.497 e. The van der Waals surface area contributed by atoms with Gasteiger partial charge < -0.3 is 14.7 Å². The molecule has 0 spiro atoms. The second-order valence-corrected chi connectivity index (χ2v) is 7.17. The number of hydrogen-bond donors (Lipinski definition) is 1. The summed E-state index contributed by atoms with van der Waals surface area (Å²) in [6.07, 6.45) is 1.06. The highest BCUT2D eigenvalue weighted by molar-refractivity contribution is 5.79. The summed E-state index contributed by atoms with van der Waals surface area (Å²) < 4.78 is 5.17. The smallest absolute Gasteiger partial charge is 0.237 e. The van der Waals surface area contributed by atoms with Crippen LogP contribution >= 0.6 is 0 Å². The Morgan fingerprint density at radius 1 is 1.22 bits per heavy atom. The molecule has 1 amide bonds. The summed E-state index contributed by atoms with van der Waals surface area (Å²) in [7, 11) is 3.57. The van der Waals surface area contributed by atoms with E-state index in [-0.39, 0.29) is 11.9 Å². The molecule has 2 aromatic carbocycles. The zero-order valence-corrected chi connectivity index (χ0v) is 16.0. The standard InChI is InChI=1S/C22H28N2O3/c1-23(15-17-7-4-3-5-8-17)16-21(25)24-14-6-9-20(24)22(26)18-10-12-19(27-2)13-11-18/h3-5,7-8,10-13,20,22,26H,6,9,14-16H2,1-2H3/t20-,22-/m0/s1. The van der Waals surface area contributed by atoms with E-state index >= 15 is 0 Å². The Kier molecular flexibility index (Phi) is 6.48. The van der Waals surface area contributed by atoms with Crippen LogP contribution in [0.15, 0.2) is 54.6 Å². The Balaban J connectivity index is 1.61. The minimum atomic E-state index is -0.679. The van der Waals surface area contributed by atoms with Crippen molar-refractivity contribution < 1.29 is 14.6 Å². The first kappa shape index (κ1) is 19.4. The molecule has 2 atom stereocenters. The number of benzene rings is 2. The second kappa shape index (κ2) is 9.02. The molecule has 1 heterocycles. The molecule has 144 valence electrons. The van der Waals surface area contributed by atoms with E-state index in [2.05, 4.69) is 12.1 Å². The molecule has 0 radical (unpaired) electrons. The number of carbonyl (C=O) groups is 1. The molecule has 5 nitrogen and oxygen atoms in total.